The van der Waals surface area contributed by atoms with Crippen molar-refractivity contribution < 1.29 is 9.15 Å². The summed E-state index contributed by atoms with van der Waals surface area (Å²) in [6.07, 6.45) is 4.53. The van der Waals surface area contributed by atoms with E-state index in [2.05, 4.69) is 12.2 Å². The van der Waals surface area contributed by atoms with Gasteiger partial charge < -0.3 is 14.5 Å². The summed E-state index contributed by atoms with van der Waals surface area (Å²) >= 11 is 0. The minimum absolute atomic E-state index is 0.357. The molecule has 0 aliphatic carbocycles. The number of hydrogen-bond donors (Lipinski definition) is 1. The first kappa shape index (κ1) is 11.3. The van der Waals surface area contributed by atoms with Crippen molar-refractivity contribution in [3.63, 3.8) is 0 Å². The first-order valence-electron chi connectivity index (χ1n) is 5.17. The molecule has 14 heavy (non-hydrogen) atoms. The average molecular weight is 197 g/mol. The minimum Gasteiger partial charge on any atom is -0.472 e. The van der Waals surface area contributed by atoms with Crippen LogP contribution in [0.1, 0.15) is 31.9 Å². The third-order valence-corrected chi connectivity index (χ3v) is 2.16. The van der Waals surface area contributed by atoms with E-state index in [9.17, 15) is 0 Å². The highest BCUT2D eigenvalue weighted by Gasteiger charge is 2.04. The third-order valence-electron chi connectivity index (χ3n) is 2.16. The van der Waals surface area contributed by atoms with E-state index in [1.165, 1.54) is 5.56 Å². The Kier molecular flexibility index (Phi) is 5.33. The Morgan fingerprint density at radius 2 is 2.43 bits per heavy atom. The van der Waals surface area contributed by atoms with Gasteiger partial charge >= 0.3 is 0 Å². The van der Waals surface area contributed by atoms with E-state index < -0.39 is 0 Å². The lowest BCUT2D eigenvalue weighted by molar-refractivity contribution is 0.144. The van der Waals surface area contributed by atoms with Crippen molar-refractivity contribution in [1.82, 2.24) is 5.32 Å². The van der Waals surface area contributed by atoms with Crippen LogP contribution in [0.2, 0.25) is 0 Å². The maximum absolute atomic E-state index is 5.25. The summed E-state index contributed by atoms with van der Waals surface area (Å²) in [4.78, 5) is 0. The van der Waals surface area contributed by atoms with E-state index in [4.69, 9.17) is 9.15 Å². The van der Waals surface area contributed by atoms with Crippen LogP contribution in [0, 0.1) is 0 Å². The second-order valence-corrected chi connectivity index (χ2v) is 3.28. The summed E-state index contributed by atoms with van der Waals surface area (Å²) < 4.78 is 10.3. The van der Waals surface area contributed by atoms with E-state index in [1.807, 2.05) is 13.0 Å². The van der Waals surface area contributed by atoms with Gasteiger partial charge in [-0.1, -0.05) is 0 Å². The molecule has 80 valence electrons. The summed E-state index contributed by atoms with van der Waals surface area (Å²) in [6.45, 7) is 6.76. The molecule has 1 heterocycles. The summed E-state index contributed by atoms with van der Waals surface area (Å²) in [5, 5.41) is 3.40. The van der Waals surface area contributed by atoms with Crippen molar-refractivity contribution in [3.8, 4) is 0 Å². The molecule has 1 rings (SSSR count). The monoisotopic (exact) mass is 197 g/mol. The molecule has 1 aromatic rings. The summed E-state index contributed by atoms with van der Waals surface area (Å²) in [5.41, 5.74) is 1.20. The lowest BCUT2D eigenvalue weighted by atomic mass is 10.2. The molecule has 0 saturated heterocycles. The standard InChI is InChI=1S/C11H19NO2/c1-3-13-7-4-6-12-10(2)11-5-8-14-9-11/h5,8-10,12H,3-4,6-7H2,1-2H3. The van der Waals surface area contributed by atoms with Crippen molar-refractivity contribution in [3.05, 3.63) is 24.2 Å². The molecule has 0 aliphatic heterocycles. The predicted molar refractivity (Wildman–Crippen MR) is 56.2 cm³/mol. The van der Waals surface area contributed by atoms with Gasteiger partial charge in [0.25, 0.3) is 0 Å². The highest BCUT2D eigenvalue weighted by Crippen LogP contribution is 2.11. The van der Waals surface area contributed by atoms with Crippen LogP contribution in [-0.2, 0) is 4.74 Å². The van der Waals surface area contributed by atoms with Gasteiger partial charge in [-0.25, -0.2) is 0 Å². The van der Waals surface area contributed by atoms with Crippen LogP contribution >= 0.6 is 0 Å². The molecule has 0 aromatic carbocycles. The second-order valence-electron chi connectivity index (χ2n) is 3.28. The lowest BCUT2D eigenvalue weighted by Crippen LogP contribution is -2.20. The number of furan rings is 1. The molecule has 3 heteroatoms. The molecule has 0 radical (unpaired) electrons. The van der Waals surface area contributed by atoms with Gasteiger partial charge in [-0.2, -0.15) is 0 Å². The molecular formula is C11H19NO2. The first-order chi connectivity index (χ1) is 6.84. The van der Waals surface area contributed by atoms with Gasteiger partial charge in [0.1, 0.15) is 0 Å². The maximum atomic E-state index is 5.25. The summed E-state index contributed by atoms with van der Waals surface area (Å²) in [5.74, 6) is 0. The van der Waals surface area contributed by atoms with Crippen LogP contribution in [0.15, 0.2) is 23.0 Å². The largest absolute Gasteiger partial charge is 0.472 e. The van der Waals surface area contributed by atoms with Gasteiger partial charge in [-0.3, -0.25) is 0 Å². The molecule has 0 saturated carbocycles. The zero-order chi connectivity index (χ0) is 10.2. The average Bonchev–Trinajstić information content (AvgIpc) is 2.70. The molecule has 0 fully saturated rings. The summed E-state index contributed by atoms with van der Waals surface area (Å²) in [7, 11) is 0. The van der Waals surface area contributed by atoms with Crippen LogP contribution in [0.5, 0.6) is 0 Å². The predicted octanol–water partition coefficient (Wildman–Crippen LogP) is 2.36. The van der Waals surface area contributed by atoms with Crippen molar-refractivity contribution >= 4 is 0 Å². The van der Waals surface area contributed by atoms with Crippen LogP contribution in [-0.4, -0.2) is 19.8 Å². The van der Waals surface area contributed by atoms with Gasteiger partial charge in [-0.05, 0) is 32.9 Å². The van der Waals surface area contributed by atoms with Gasteiger partial charge in [0, 0.05) is 24.8 Å². The molecule has 0 bridgehead atoms. The van der Waals surface area contributed by atoms with E-state index in [0.29, 0.717) is 6.04 Å². The molecule has 1 aromatic heterocycles. The highest BCUT2D eigenvalue weighted by molar-refractivity contribution is 5.09. The maximum Gasteiger partial charge on any atom is 0.0950 e. The number of rotatable bonds is 7. The van der Waals surface area contributed by atoms with E-state index in [-0.39, 0.29) is 0 Å². The molecule has 0 spiro atoms. The van der Waals surface area contributed by atoms with Crippen LogP contribution in [0.25, 0.3) is 0 Å². The normalized spacial score (nSPS) is 13.0. The Labute approximate surface area is 85.4 Å². The van der Waals surface area contributed by atoms with Crippen molar-refractivity contribution in [2.24, 2.45) is 0 Å². The number of ether oxygens (including phenoxy) is 1. The van der Waals surface area contributed by atoms with E-state index in [1.54, 1.807) is 12.5 Å². The topological polar surface area (TPSA) is 34.4 Å². The molecule has 0 aliphatic rings. The number of hydrogen-bond acceptors (Lipinski definition) is 3. The SMILES string of the molecule is CCOCCCNC(C)c1ccoc1. The second kappa shape index (κ2) is 6.62. The molecule has 1 N–H and O–H groups in total. The molecule has 0 amide bonds. The molecular weight excluding hydrogens is 178 g/mol. The van der Waals surface area contributed by atoms with Gasteiger partial charge in [0.15, 0.2) is 0 Å². The zero-order valence-corrected chi connectivity index (χ0v) is 8.95. The lowest BCUT2D eigenvalue weighted by Gasteiger charge is -2.11. The Morgan fingerprint density at radius 3 is 3.07 bits per heavy atom. The van der Waals surface area contributed by atoms with Crippen LogP contribution in [0.4, 0.5) is 0 Å². The smallest absolute Gasteiger partial charge is 0.0950 e. The Hall–Kier alpha value is -0.800. The summed E-state index contributed by atoms with van der Waals surface area (Å²) in [6, 6.07) is 2.34. The Balaban J connectivity index is 2.07. The fraction of sp³-hybridized carbons (Fsp3) is 0.636. The van der Waals surface area contributed by atoms with E-state index >= 15 is 0 Å². The third kappa shape index (κ3) is 3.94. The molecule has 3 nitrogen and oxygen atoms in total. The van der Waals surface area contributed by atoms with Crippen molar-refractivity contribution in [1.29, 1.82) is 0 Å². The minimum atomic E-state index is 0.357. The Bertz CT molecular complexity index is 221. The quantitative estimate of drug-likeness (QED) is 0.681. The van der Waals surface area contributed by atoms with E-state index in [0.717, 1.165) is 26.2 Å². The van der Waals surface area contributed by atoms with Crippen molar-refractivity contribution in [2.45, 2.75) is 26.3 Å². The van der Waals surface area contributed by atoms with Crippen LogP contribution in [0.3, 0.4) is 0 Å². The highest BCUT2D eigenvalue weighted by atomic mass is 16.5. The van der Waals surface area contributed by atoms with Crippen molar-refractivity contribution in [2.75, 3.05) is 19.8 Å². The fourth-order valence-corrected chi connectivity index (χ4v) is 1.28. The first-order valence-corrected chi connectivity index (χ1v) is 5.17. The molecule has 1 atom stereocenters. The fourth-order valence-electron chi connectivity index (χ4n) is 1.28. The van der Waals surface area contributed by atoms with Gasteiger partial charge in [0.2, 0.25) is 0 Å². The number of nitrogens with one attached hydrogen (secondary N) is 1. The molecule has 1 unspecified atom stereocenters. The van der Waals surface area contributed by atoms with Gasteiger partial charge in [-0.15, -0.1) is 0 Å². The van der Waals surface area contributed by atoms with Gasteiger partial charge in [0.05, 0.1) is 12.5 Å². The van der Waals surface area contributed by atoms with Crippen LogP contribution < -0.4 is 5.32 Å². The Morgan fingerprint density at radius 1 is 1.57 bits per heavy atom. The zero-order valence-electron chi connectivity index (χ0n) is 8.95.